The summed E-state index contributed by atoms with van der Waals surface area (Å²) in [7, 11) is 0. The highest BCUT2D eigenvalue weighted by molar-refractivity contribution is 5.96. The van der Waals surface area contributed by atoms with Crippen molar-refractivity contribution in [1.29, 1.82) is 0 Å². The normalized spacial score (nSPS) is 19.3. The van der Waals surface area contributed by atoms with Gasteiger partial charge in [-0.15, -0.1) is 0 Å². The van der Waals surface area contributed by atoms with Gasteiger partial charge in [-0.25, -0.2) is 0 Å². The number of benzene rings is 1. The zero-order valence-corrected chi connectivity index (χ0v) is 11.8. The Morgan fingerprint density at radius 2 is 2.32 bits per heavy atom. The van der Waals surface area contributed by atoms with Crippen molar-refractivity contribution in [3.8, 4) is 0 Å². The maximum absolute atomic E-state index is 11.8. The van der Waals surface area contributed by atoms with Crippen LogP contribution in [0.15, 0.2) is 18.2 Å². The molecule has 2 rings (SSSR count). The van der Waals surface area contributed by atoms with Gasteiger partial charge in [-0.05, 0) is 43.9 Å². The molecule has 4 heteroatoms. The van der Waals surface area contributed by atoms with Crippen molar-refractivity contribution in [1.82, 2.24) is 5.32 Å². The number of nitrogens with two attached hydrogens (primary N) is 1. The molecular formula is C15H23N3O. The Kier molecular flexibility index (Phi) is 4.30. The quantitative estimate of drug-likeness (QED) is 0.821. The fourth-order valence-electron chi connectivity index (χ4n) is 2.65. The number of hydrogen-bond donors (Lipinski definition) is 2. The first kappa shape index (κ1) is 13.7. The summed E-state index contributed by atoms with van der Waals surface area (Å²) >= 11 is 0. The molecule has 1 unspecified atom stereocenters. The van der Waals surface area contributed by atoms with Crippen molar-refractivity contribution in [3.05, 3.63) is 23.8 Å². The number of piperidine rings is 1. The number of nitrogens with one attached hydrogen (secondary N) is 1. The summed E-state index contributed by atoms with van der Waals surface area (Å²) in [6, 6.07) is 5.60. The minimum Gasteiger partial charge on any atom is -0.397 e. The van der Waals surface area contributed by atoms with Crippen LogP contribution in [0.2, 0.25) is 0 Å². The minimum atomic E-state index is -0.0623. The standard InChI is InChI=1S/C15H23N3O/c1-3-17-15(19)12-6-7-14(13(16)9-12)18-8-4-5-11(2)10-18/h6-7,9,11H,3-5,8,10,16H2,1-2H3,(H,17,19). The molecule has 0 aromatic heterocycles. The monoisotopic (exact) mass is 261 g/mol. The molecule has 1 aliphatic heterocycles. The molecule has 1 aromatic carbocycles. The van der Waals surface area contributed by atoms with Gasteiger partial charge >= 0.3 is 0 Å². The van der Waals surface area contributed by atoms with E-state index in [9.17, 15) is 4.79 Å². The third kappa shape index (κ3) is 3.19. The number of amides is 1. The summed E-state index contributed by atoms with van der Waals surface area (Å²) in [6.45, 7) is 6.90. The first-order valence-corrected chi connectivity index (χ1v) is 7.04. The Hall–Kier alpha value is -1.71. The molecular weight excluding hydrogens is 238 g/mol. The van der Waals surface area contributed by atoms with E-state index in [2.05, 4.69) is 17.1 Å². The predicted octanol–water partition coefficient (Wildman–Crippen LogP) is 2.25. The summed E-state index contributed by atoms with van der Waals surface area (Å²) in [5.41, 5.74) is 8.49. The van der Waals surface area contributed by atoms with Gasteiger partial charge < -0.3 is 16.0 Å². The molecule has 1 atom stereocenters. The number of carbonyl (C=O) groups is 1. The smallest absolute Gasteiger partial charge is 0.251 e. The maximum Gasteiger partial charge on any atom is 0.251 e. The molecule has 4 nitrogen and oxygen atoms in total. The average Bonchev–Trinajstić information content (AvgIpc) is 2.38. The molecule has 1 amide bonds. The van der Waals surface area contributed by atoms with Crippen LogP contribution >= 0.6 is 0 Å². The molecule has 1 aromatic rings. The summed E-state index contributed by atoms with van der Waals surface area (Å²) in [4.78, 5) is 14.1. The lowest BCUT2D eigenvalue weighted by Gasteiger charge is -2.33. The lowest BCUT2D eigenvalue weighted by molar-refractivity contribution is 0.0956. The molecule has 3 N–H and O–H groups in total. The molecule has 1 heterocycles. The third-order valence-electron chi connectivity index (χ3n) is 3.62. The second-order valence-electron chi connectivity index (χ2n) is 5.33. The van der Waals surface area contributed by atoms with Crippen molar-refractivity contribution in [3.63, 3.8) is 0 Å². The van der Waals surface area contributed by atoms with Gasteiger partial charge in [0.25, 0.3) is 5.91 Å². The van der Waals surface area contributed by atoms with Gasteiger partial charge in [0.2, 0.25) is 0 Å². The zero-order chi connectivity index (χ0) is 13.8. The molecule has 1 aliphatic rings. The Morgan fingerprint density at radius 1 is 1.53 bits per heavy atom. The van der Waals surface area contributed by atoms with E-state index in [0.717, 1.165) is 18.8 Å². The van der Waals surface area contributed by atoms with E-state index in [4.69, 9.17) is 5.73 Å². The number of nitrogen functional groups attached to an aromatic ring is 1. The third-order valence-corrected chi connectivity index (χ3v) is 3.62. The summed E-state index contributed by atoms with van der Waals surface area (Å²) in [6.07, 6.45) is 2.49. The Labute approximate surface area is 115 Å². The van der Waals surface area contributed by atoms with Crippen molar-refractivity contribution in [2.75, 3.05) is 30.3 Å². The molecule has 19 heavy (non-hydrogen) atoms. The highest BCUT2D eigenvalue weighted by Gasteiger charge is 2.19. The van der Waals surface area contributed by atoms with E-state index in [0.29, 0.717) is 23.7 Å². The van der Waals surface area contributed by atoms with Crippen LogP contribution in [0.5, 0.6) is 0 Å². The first-order valence-electron chi connectivity index (χ1n) is 7.04. The van der Waals surface area contributed by atoms with Crippen LogP contribution in [0.25, 0.3) is 0 Å². The van der Waals surface area contributed by atoms with Gasteiger partial charge in [-0.2, -0.15) is 0 Å². The average molecular weight is 261 g/mol. The number of hydrogen-bond acceptors (Lipinski definition) is 3. The molecule has 1 fully saturated rings. The number of anilines is 2. The van der Waals surface area contributed by atoms with Gasteiger partial charge in [-0.1, -0.05) is 6.92 Å². The van der Waals surface area contributed by atoms with Gasteiger partial charge in [0.05, 0.1) is 11.4 Å². The molecule has 0 spiro atoms. The van der Waals surface area contributed by atoms with E-state index >= 15 is 0 Å². The highest BCUT2D eigenvalue weighted by atomic mass is 16.1. The largest absolute Gasteiger partial charge is 0.397 e. The second-order valence-corrected chi connectivity index (χ2v) is 5.33. The molecule has 0 radical (unpaired) electrons. The molecule has 0 aliphatic carbocycles. The van der Waals surface area contributed by atoms with Gasteiger partial charge in [0.1, 0.15) is 0 Å². The van der Waals surface area contributed by atoms with Crippen LogP contribution < -0.4 is 16.0 Å². The maximum atomic E-state index is 11.8. The molecule has 1 saturated heterocycles. The summed E-state index contributed by atoms with van der Waals surface area (Å²) < 4.78 is 0. The predicted molar refractivity (Wildman–Crippen MR) is 79.5 cm³/mol. The van der Waals surface area contributed by atoms with Crippen LogP contribution in [-0.2, 0) is 0 Å². The molecule has 104 valence electrons. The fraction of sp³-hybridized carbons (Fsp3) is 0.533. The SMILES string of the molecule is CCNC(=O)c1ccc(N2CCCC(C)C2)c(N)c1. The van der Waals surface area contributed by atoms with Crippen LogP contribution in [0.3, 0.4) is 0 Å². The van der Waals surface area contributed by atoms with Gasteiger partial charge in [0, 0.05) is 25.2 Å². The molecule has 0 saturated carbocycles. The summed E-state index contributed by atoms with van der Waals surface area (Å²) in [5, 5.41) is 2.79. The topological polar surface area (TPSA) is 58.4 Å². The van der Waals surface area contributed by atoms with Crippen LogP contribution in [0.4, 0.5) is 11.4 Å². The Morgan fingerprint density at radius 3 is 2.95 bits per heavy atom. The Bertz CT molecular complexity index is 459. The molecule has 0 bridgehead atoms. The van der Waals surface area contributed by atoms with E-state index in [1.54, 1.807) is 6.07 Å². The highest BCUT2D eigenvalue weighted by Crippen LogP contribution is 2.28. The zero-order valence-electron chi connectivity index (χ0n) is 11.8. The van der Waals surface area contributed by atoms with Gasteiger partial charge in [-0.3, -0.25) is 4.79 Å². The second kappa shape index (κ2) is 5.95. The first-order chi connectivity index (χ1) is 9.11. The van der Waals surface area contributed by atoms with E-state index in [1.165, 1.54) is 12.8 Å². The minimum absolute atomic E-state index is 0.0623. The van der Waals surface area contributed by atoms with E-state index in [1.807, 2.05) is 19.1 Å². The number of nitrogens with zero attached hydrogens (tertiary/aromatic N) is 1. The van der Waals surface area contributed by atoms with E-state index < -0.39 is 0 Å². The van der Waals surface area contributed by atoms with Crippen LogP contribution in [-0.4, -0.2) is 25.5 Å². The van der Waals surface area contributed by atoms with Crippen molar-refractivity contribution in [2.45, 2.75) is 26.7 Å². The van der Waals surface area contributed by atoms with E-state index in [-0.39, 0.29) is 5.91 Å². The van der Waals surface area contributed by atoms with Crippen LogP contribution in [0, 0.1) is 5.92 Å². The van der Waals surface area contributed by atoms with Crippen LogP contribution in [0.1, 0.15) is 37.0 Å². The van der Waals surface area contributed by atoms with Crippen molar-refractivity contribution in [2.24, 2.45) is 5.92 Å². The number of rotatable bonds is 3. The summed E-state index contributed by atoms with van der Waals surface area (Å²) in [5.74, 6) is 0.643. The lowest BCUT2D eigenvalue weighted by atomic mass is 9.99. The fourth-order valence-corrected chi connectivity index (χ4v) is 2.65. The Balaban J connectivity index is 2.17. The van der Waals surface area contributed by atoms with Crippen molar-refractivity contribution >= 4 is 17.3 Å². The van der Waals surface area contributed by atoms with Gasteiger partial charge in [0.15, 0.2) is 0 Å². The van der Waals surface area contributed by atoms with Crippen molar-refractivity contribution < 1.29 is 4.79 Å². The lowest BCUT2D eigenvalue weighted by Crippen LogP contribution is -2.34. The number of carbonyl (C=O) groups excluding carboxylic acids is 1.